The van der Waals surface area contributed by atoms with Crippen molar-refractivity contribution in [3.05, 3.63) is 0 Å². The van der Waals surface area contributed by atoms with Crippen LogP contribution in [0.2, 0.25) is 0 Å². The van der Waals surface area contributed by atoms with Gasteiger partial charge in [-0.15, -0.1) is 0 Å². The Hall–Kier alpha value is -0.610. The van der Waals surface area contributed by atoms with E-state index in [1.807, 2.05) is 13.8 Å². The molecule has 1 fully saturated rings. The molecule has 3 atom stereocenters. The quantitative estimate of drug-likeness (QED) is 0.768. The molecule has 0 spiro atoms. The van der Waals surface area contributed by atoms with Gasteiger partial charge in [-0.05, 0) is 31.7 Å². The first-order valence-electron chi connectivity index (χ1n) is 6.52. The Kier molecular flexibility index (Phi) is 5.40. The van der Waals surface area contributed by atoms with Crippen LogP contribution in [0.5, 0.6) is 0 Å². The van der Waals surface area contributed by atoms with Crippen molar-refractivity contribution in [1.82, 2.24) is 10.2 Å². The van der Waals surface area contributed by atoms with Gasteiger partial charge in [-0.3, -0.25) is 4.79 Å². The minimum absolute atomic E-state index is 0.0356. The van der Waals surface area contributed by atoms with E-state index in [0.717, 1.165) is 25.9 Å². The zero-order chi connectivity index (χ0) is 13.0. The molecular formula is C13H26N2O2. The molecule has 0 bridgehead atoms. The number of hydrogen-bond donors (Lipinski definition) is 2. The Balaban J connectivity index is 2.47. The predicted octanol–water partition coefficient (Wildman–Crippen LogP) is 0.850. The molecule has 0 aromatic carbocycles. The van der Waals surface area contributed by atoms with Crippen molar-refractivity contribution < 1.29 is 9.90 Å². The van der Waals surface area contributed by atoms with Crippen molar-refractivity contribution in [3.8, 4) is 0 Å². The average Bonchev–Trinajstić information content (AvgIpc) is 2.14. The molecular weight excluding hydrogens is 216 g/mol. The standard InChI is InChI=1S/C13H26N2O2/c1-9(2)13(17)6-11-5-12(14-10(3)16)8-15(4)7-11/h9,11-13,17H,5-8H2,1-4H3,(H,14,16). The summed E-state index contributed by atoms with van der Waals surface area (Å²) in [6.45, 7) is 7.57. The highest BCUT2D eigenvalue weighted by atomic mass is 16.3. The highest BCUT2D eigenvalue weighted by molar-refractivity contribution is 5.73. The van der Waals surface area contributed by atoms with Crippen LogP contribution in [-0.4, -0.2) is 48.2 Å². The van der Waals surface area contributed by atoms with Crippen LogP contribution in [0.3, 0.4) is 0 Å². The summed E-state index contributed by atoms with van der Waals surface area (Å²) in [6, 6.07) is 0.232. The molecule has 1 saturated heterocycles. The van der Waals surface area contributed by atoms with Crippen molar-refractivity contribution in [1.29, 1.82) is 0 Å². The van der Waals surface area contributed by atoms with Gasteiger partial charge in [0.25, 0.3) is 0 Å². The first kappa shape index (κ1) is 14.5. The monoisotopic (exact) mass is 242 g/mol. The average molecular weight is 242 g/mol. The number of hydrogen-bond acceptors (Lipinski definition) is 3. The van der Waals surface area contributed by atoms with Gasteiger partial charge in [0.05, 0.1) is 6.10 Å². The molecule has 0 radical (unpaired) electrons. The number of likely N-dealkylation sites (tertiary alicyclic amines) is 1. The molecule has 0 aromatic heterocycles. The van der Waals surface area contributed by atoms with Crippen molar-refractivity contribution >= 4 is 5.91 Å². The number of amides is 1. The fourth-order valence-corrected chi connectivity index (χ4v) is 2.62. The molecule has 17 heavy (non-hydrogen) atoms. The van der Waals surface area contributed by atoms with Gasteiger partial charge in [0.1, 0.15) is 0 Å². The van der Waals surface area contributed by atoms with Crippen LogP contribution in [0, 0.1) is 11.8 Å². The number of nitrogens with one attached hydrogen (secondary N) is 1. The lowest BCUT2D eigenvalue weighted by molar-refractivity contribution is -0.120. The number of carbonyl (C=O) groups is 1. The first-order valence-corrected chi connectivity index (χ1v) is 6.52. The number of rotatable bonds is 4. The molecule has 0 saturated carbocycles. The topological polar surface area (TPSA) is 52.6 Å². The minimum atomic E-state index is -0.232. The van der Waals surface area contributed by atoms with Gasteiger partial charge < -0.3 is 15.3 Å². The maximum atomic E-state index is 11.1. The van der Waals surface area contributed by atoms with Crippen LogP contribution in [0.15, 0.2) is 0 Å². The molecule has 1 amide bonds. The van der Waals surface area contributed by atoms with E-state index < -0.39 is 0 Å². The highest BCUT2D eigenvalue weighted by Gasteiger charge is 2.27. The summed E-state index contributed by atoms with van der Waals surface area (Å²) in [5.41, 5.74) is 0. The van der Waals surface area contributed by atoms with Crippen molar-refractivity contribution in [2.45, 2.75) is 45.8 Å². The molecule has 2 N–H and O–H groups in total. The maximum Gasteiger partial charge on any atom is 0.217 e. The summed E-state index contributed by atoms with van der Waals surface area (Å²) in [6.07, 6.45) is 1.58. The van der Waals surface area contributed by atoms with E-state index in [2.05, 4.69) is 17.3 Å². The van der Waals surface area contributed by atoms with Gasteiger partial charge in [-0.1, -0.05) is 13.8 Å². The molecule has 1 rings (SSSR count). The number of likely N-dealkylation sites (N-methyl/N-ethyl adjacent to an activating group) is 1. The number of aliphatic hydroxyl groups is 1. The van der Waals surface area contributed by atoms with E-state index in [1.54, 1.807) is 6.92 Å². The van der Waals surface area contributed by atoms with Gasteiger partial charge in [0.2, 0.25) is 5.91 Å². The lowest BCUT2D eigenvalue weighted by Gasteiger charge is -2.37. The lowest BCUT2D eigenvalue weighted by atomic mass is 9.87. The van der Waals surface area contributed by atoms with Gasteiger partial charge in [-0.25, -0.2) is 0 Å². The molecule has 1 aliphatic rings. The molecule has 3 unspecified atom stereocenters. The number of aliphatic hydroxyl groups excluding tert-OH is 1. The third kappa shape index (κ3) is 5.04. The molecule has 4 nitrogen and oxygen atoms in total. The number of carbonyl (C=O) groups excluding carboxylic acids is 1. The summed E-state index contributed by atoms with van der Waals surface area (Å²) < 4.78 is 0. The summed E-state index contributed by atoms with van der Waals surface area (Å²) >= 11 is 0. The molecule has 100 valence electrons. The largest absolute Gasteiger partial charge is 0.393 e. The Morgan fingerprint density at radius 1 is 1.47 bits per heavy atom. The fourth-order valence-electron chi connectivity index (χ4n) is 2.62. The van der Waals surface area contributed by atoms with Crippen LogP contribution in [0.1, 0.15) is 33.6 Å². The summed E-state index contributed by atoms with van der Waals surface area (Å²) in [5, 5.41) is 12.9. The molecule has 1 aliphatic heterocycles. The zero-order valence-corrected chi connectivity index (χ0v) is 11.4. The number of piperidine rings is 1. The Morgan fingerprint density at radius 2 is 2.12 bits per heavy atom. The predicted molar refractivity (Wildman–Crippen MR) is 68.7 cm³/mol. The second kappa shape index (κ2) is 6.36. The van der Waals surface area contributed by atoms with Gasteiger partial charge in [0, 0.05) is 26.1 Å². The maximum absolute atomic E-state index is 11.1. The van der Waals surface area contributed by atoms with E-state index in [0.29, 0.717) is 11.8 Å². The van der Waals surface area contributed by atoms with Crippen molar-refractivity contribution in [3.63, 3.8) is 0 Å². The highest BCUT2D eigenvalue weighted by Crippen LogP contribution is 2.22. The first-order chi connectivity index (χ1) is 7.88. The third-order valence-electron chi connectivity index (χ3n) is 3.47. The van der Waals surface area contributed by atoms with E-state index in [4.69, 9.17) is 0 Å². The SMILES string of the molecule is CC(=O)NC1CC(CC(O)C(C)C)CN(C)C1. The fraction of sp³-hybridized carbons (Fsp3) is 0.923. The van der Waals surface area contributed by atoms with Crippen LogP contribution < -0.4 is 5.32 Å². The third-order valence-corrected chi connectivity index (χ3v) is 3.47. The lowest BCUT2D eigenvalue weighted by Crippen LogP contribution is -2.49. The molecule has 0 aromatic rings. The van der Waals surface area contributed by atoms with Crippen molar-refractivity contribution in [2.75, 3.05) is 20.1 Å². The van der Waals surface area contributed by atoms with Gasteiger partial charge >= 0.3 is 0 Å². The minimum Gasteiger partial charge on any atom is -0.393 e. The van der Waals surface area contributed by atoms with E-state index in [-0.39, 0.29) is 18.1 Å². The Labute approximate surface area is 104 Å². The summed E-state index contributed by atoms with van der Waals surface area (Å²) in [4.78, 5) is 13.3. The molecule has 4 heteroatoms. The van der Waals surface area contributed by atoms with Gasteiger partial charge in [0.15, 0.2) is 0 Å². The smallest absolute Gasteiger partial charge is 0.217 e. The van der Waals surface area contributed by atoms with Crippen LogP contribution in [0.4, 0.5) is 0 Å². The second-order valence-electron chi connectivity index (χ2n) is 5.77. The zero-order valence-electron chi connectivity index (χ0n) is 11.4. The van der Waals surface area contributed by atoms with Crippen LogP contribution in [-0.2, 0) is 4.79 Å². The molecule has 0 aliphatic carbocycles. The van der Waals surface area contributed by atoms with Crippen molar-refractivity contribution in [2.24, 2.45) is 11.8 Å². The van der Waals surface area contributed by atoms with E-state index >= 15 is 0 Å². The van der Waals surface area contributed by atoms with Crippen LogP contribution >= 0.6 is 0 Å². The second-order valence-corrected chi connectivity index (χ2v) is 5.77. The summed E-state index contributed by atoms with van der Waals surface area (Å²) in [5.74, 6) is 0.818. The summed E-state index contributed by atoms with van der Waals surface area (Å²) in [7, 11) is 2.07. The normalized spacial score (nSPS) is 28.1. The molecule has 1 heterocycles. The Bertz CT molecular complexity index is 256. The van der Waals surface area contributed by atoms with Crippen LogP contribution in [0.25, 0.3) is 0 Å². The number of nitrogens with zero attached hydrogens (tertiary/aromatic N) is 1. The Morgan fingerprint density at radius 3 is 2.65 bits per heavy atom. The van der Waals surface area contributed by atoms with E-state index in [9.17, 15) is 9.90 Å². The van der Waals surface area contributed by atoms with E-state index in [1.165, 1.54) is 0 Å². The van der Waals surface area contributed by atoms with Gasteiger partial charge in [-0.2, -0.15) is 0 Å².